The van der Waals surface area contributed by atoms with Crippen LogP contribution in [0.5, 0.6) is 0 Å². The molecule has 0 fully saturated rings. The minimum atomic E-state index is -3.19. The SMILES string of the molecule is CS(=O)(=O)c1ccc2cncc(N)c2c1. The Balaban J connectivity index is 2.81. The van der Waals surface area contributed by atoms with Crippen molar-refractivity contribution in [2.45, 2.75) is 4.90 Å². The summed E-state index contributed by atoms with van der Waals surface area (Å²) in [5.41, 5.74) is 6.20. The lowest BCUT2D eigenvalue weighted by Crippen LogP contribution is -1.97. The monoisotopic (exact) mass is 222 g/mol. The van der Waals surface area contributed by atoms with E-state index >= 15 is 0 Å². The first-order valence-corrected chi connectivity index (χ1v) is 6.21. The molecule has 1 aromatic carbocycles. The van der Waals surface area contributed by atoms with E-state index in [1.807, 2.05) is 0 Å². The molecule has 2 rings (SSSR count). The minimum Gasteiger partial charge on any atom is -0.397 e. The van der Waals surface area contributed by atoms with Crippen molar-refractivity contribution in [3.63, 3.8) is 0 Å². The van der Waals surface area contributed by atoms with Crippen LogP contribution in [0.2, 0.25) is 0 Å². The van der Waals surface area contributed by atoms with Gasteiger partial charge in [-0.05, 0) is 12.1 Å². The second-order valence-electron chi connectivity index (χ2n) is 3.38. The number of pyridine rings is 1. The summed E-state index contributed by atoms with van der Waals surface area (Å²) >= 11 is 0. The van der Waals surface area contributed by atoms with Crippen LogP contribution in [0, 0.1) is 0 Å². The van der Waals surface area contributed by atoms with Gasteiger partial charge in [-0.25, -0.2) is 8.42 Å². The van der Waals surface area contributed by atoms with Crippen LogP contribution in [0.1, 0.15) is 0 Å². The van der Waals surface area contributed by atoms with Gasteiger partial charge in [0, 0.05) is 23.2 Å². The topological polar surface area (TPSA) is 73.0 Å². The van der Waals surface area contributed by atoms with Gasteiger partial charge >= 0.3 is 0 Å². The van der Waals surface area contributed by atoms with Crippen molar-refractivity contribution in [1.29, 1.82) is 0 Å². The molecule has 78 valence electrons. The average Bonchev–Trinajstić information content (AvgIpc) is 2.16. The largest absolute Gasteiger partial charge is 0.397 e. The standard InChI is InChI=1S/C10H10N2O2S/c1-15(13,14)8-3-2-7-5-12-6-10(11)9(7)4-8/h2-6H,11H2,1H3. The second kappa shape index (κ2) is 3.20. The van der Waals surface area contributed by atoms with Gasteiger partial charge in [0.25, 0.3) is 0 Å². The van der Waals surface area contributed by atoms with Gasteiger partial charge in [0.1, 0.15) is 0 Å². The van der Waals surface area contributed by atoms with E-state index in [0.29, 0.717) is 11.1 Å². The summed E-state index contributed by atoms with van der Waals surface area (Å²) in [6.07, 6.45) is 4.33. The molecule has 0 amide bonds. The number of anilines is 1. The third-order valence-corrected chi connectivity index (χ3v) is 3.30. The number of nitrogens with two attached hydrogens (primary N) is 1. The molecule has 0 unspecified atom stereocenters. The predicted molar refractivity (Wildman–Crippen MR) is 59.3 cm³/mol. The summed E-state index contributed by atoms with van der Waals surface area (Å²) in [6, 6.07) is 4.83. The van der Waals surface area contributed by atoms with Crippen LogP contribution in [-0.2, 0) is 9.84 Å². The highest BCUT2D eigenvalue weighted by molar-refractivity contribution is 7.90. The first-order chi connectivity index (χ1) is 6.98. The average molecular weight is 222 g/mol. The zero-order valence-corrected chi connectivity index (χ0v) is 8.95. The first-order valence-electron chi connectivity index (χ1n) is 4.32. The van der Waals surface area contributed by atoms with E-state index in [-0.39, 0.29) is 4.90 Å². The summed E-state index contributed by atoms with van der Waals surface area (Å²) in [5, 5.41) is 1.55. The molecule has 1 heterocycles. The summed E-state index contributed by atoms with van der Waals surface area (Å²) in [7, 11) is -3.19. The van der Waals surface area contributed by atoms with Gasteiger partial charge in [0.15, 0.2) is 9.84 Å². The fourth-order valence-corrected chi connectivity index (χ4v) is 2.04. The Hall–Kier alpha value is -1.62. The van der Waals surface area contributed by atoms with E-state index in [4.69, 9.17) is 5.73 Å². The van der Waals surface area contributed by atoms with Crippen LogP contribution in [0.3, 0.4) is 0 Å². The van der Waals surface area contributed by atoms with Crippen molar-refractivity contribution >= 4 is 26.3 Å². The van der Waals surface area contributed by atoms with Gasteiger partial charge < -0.3 is 5.73 Å². The highest BCUT2D eigenvalue weighted by Crippen LogP contribution is 2.22. The van der Waals surface area contributed by atoms with Crippen molar-refractivity contribution in [3.05, 3.63) is 30.6 Å². The molecule has 0 radical (unpaired) electrons. The third kappa shape index (κ3) is 1.78. The molecular weight excluding hydrogens is 212 g/mol. The van der Waals surface area contributed by atoms with Gasteiger partial charge in [0.2, 0.25) is 0 Å². The summed E-state index contributed by atoms with van der Waals surface area (Å²) < 4.78 is 22.7. The fourth-order valence-electron chi connectivity index (χ4n) is 1.40. The number of nitrogen functional groups attached to an aromatic ring is 1. The van der Waals surface area contributed by atoms with Crippen molar-refractivity contribution in [3.8, 4) is 0 Å². The lowest BCUT2D eigenvalue weighted by atomic mass is 10.1. The Kier molecular flexibility index (Phi) is 2.12. The molecule has 0 bridgehead atoms. The summed E-state index contributed by atoms with van der Waals surface area (Å²) in [5.74, 6) is 0. The maximum absolute atomic E-state index is 11.3. The zero-order chi connectivity index (χ0) is 11.1. The van der Waals surface area contributed by atoms with Gasteiger partial charge in [-0.2, -0.15) is 0 Å². The van der Waals surface area contributed by atoms with Crippen molar-refractivity contribution in [2.24, 2.45) is 0 Å². The number of hydrogen-bond donors (Lipinski definition) is 1. The van der Waals surface area contributed by atoms with Crippen LogP contribution in [-0.4, -0.2) is 19.7 Å². The molecule has 15 heavy (non-hydrogen) atoms. The van der Waals surface area contributed by atoms with Crippen molar-refractivity contribution in [2.75, 3.05) is 12.0 Å². The van der Waals surface area contributed by atoms with E-state index in [1.165, 1.54) is 12.5 Å². The van der Waals surface area contributed by atoms with Crippen molar-refractivity contribution < 1.29 is 8.42 Å². The molecule has 4 nitrogen and oxygen atoms in total. The lowest BCUT2D eigenvalue weighted by Gasteiger charge is -2.03. The van der Waals surface area contributed by atoms with Crippen LogP contribution in [0.4, 0.5) is 5.69 Å². The Morgan fingerprint density at radius 1 is 1.27 bits per heavy atom. The first kappa shape index (κ1) is 9.92. The summed E-state index contributed by atoms with van der Waals surface area (Å²) in [6.45, 7) is 0. The highest BCUT2D eigenvalue weighted by Gasteiger charge is 2.08. The molecule has 0 saturated heterocycles. The van der Waals surface area contributed by atoms with E-state index < -0.39 is 9.84 Å². The number of rotatable bonds is 1. The van der Waals surface area contributed by atoms with E-state index in [9.17, 15) is 8.42 Å². The molecular formula is C10H10N2O2S. The third-order valence-electron chi connectivity index (χ3n) is 2.19. The molecule has 0 saturated carbocycles. The molecule has 0 aliphatic carbocycles. The smallest absolute Gasteiger partial charge is 0.175 e. The summed E-state index contributed by atoms with van der Waals surface area (Å²) in [4.78, 5) is 4.20. The number of sulfone groups is 1. The number of fused-ring (bicyclic) bond motifs is 1. The van der Waals surface area contributed by atoms with E-state index in [1.54, 1.807) is 24.4 Å². The molecule has 2 aromatic rings. The van der Waals surface area contributed by atoms with Crippen molar-refractivity contribution in [1.82, 2.24) is 4.98 Å². The molecule has 2 N–H and O–H groups in total. The maximum Gasteiger partial charge on any atom is 0.175 e. The normalized spacial score (nSPS) is 11.8. The molecule has 0 aliphatic heterocycles. The molecule has 5 heteroatoms. The number of benzene rings is 1. The quantitative estimate of drug-likeness (QED) is 0.787. The van der Waals surface area contributed by atoms with Gasteiger partial charge in [-0.1, -0.05) is 6.07 Å². The van der Waals surface area contributed by atoms with Crippen LogP contribution in [0.25, 0.3) is 10.8 Å². The zero-order valence-electron chi connectivity index (χ0n) is 8.14. The van der Waals surface area contributed by atoms with Crippen LogP contribution >= 0.6 is 0 Å². The van der Waals surface area contributed by atoms with Crippen LogP contribution in [0.15, 0.2) is 35.5 Å². The van der Waals surface area contributed by atoms with Gasteiger partial charge in [0.05, 0.1) is 16.8 Å². The lowest BCUT2D eigenvalue weighted by molar-refractivity contribution is 0.602. The Morgan fingerprint density at radius 3 is 2.67 bits per heavy atom. The Morgan fingerprint density at radius 2 is 2.00 bits per heavy atom. The van der Waals surface area contributed by atoms with Gasteiger partial charge in [-0.15, -0.1) is 0 Å². The van der Waals surface area contributed by atoms with Gasteiger partial charge in [-0.3, -0.25) is 4.98 Å². The number of aromatic nitrogens is 1. The molecule has 0 atom stereocenters. The predicted octanol–water partition coefficient (Wildman–Crippen LogP) is 1.22. The highest BCUT2D eigenvalue weighted by atomic mass is 32.2. The number of nitrogens with zero attached hydrogens (tertiary/aromatic N) is 1. The van der Waals surface area contributed by atoms with Crippen LogP contribution < -0.4 is 5.73 Å². The fraction of sp³-hybridized carbons (Fsp3) is 0.100. The maximum atomic E-state index is 11.3. The Bertz CT molecular complexity index is 620. The second-order valence-corrected chi connectivity index (χ2v) is 5.40. The molecule has 0 aliphatic rings. The van der Waals surface area contributed by atoms with E-state index in [2.05, 4.69) is 4.98 Å². The number of hydrogen-bond acceptors (Lipinski definition) is 4. The molecule has 1 aromatic heterocycles. The minimum absolute atomic E-state index is 0.271. The molecule has 0 spiro atoms. The Labute approximate surface area is 87.7 Å². The van der Waals surface area contributed by atoms with E-state index in [0.717, 1.165) is 5.39 Å².